The summed E-state index contributed by atoms with van der Waals surface area (Å²) < 4.78 is 26.6. The van der Waals surface area contributed by atoms with Crippen LogP contribution < -0.4 is 0 Å². The lowest BCUT2D eigenvalue weighted by Crippen LogP contribution is -2.50. The van der Waals surface area contributed by atoms with E-state index in [9.17, 15) is 13.2 Å². The van der Waals surface area contributed by atoms with Crippen molar-refractivity contribution in [3.8, 4) is 0 Å². The number of rotatable bonds is 4. The normalized spacial score (nSPS) is 16.0. The molecule has 0 atom stereocenters. The average Bonchev–Trinajstić information content (AvgIpc) is 2.62. The Hall–Kier alpha value is -2.25. The minimum Gasteiger partial charge on any atom is -0.335 e. The number of hydrogen-bond donors (Lipinski definition) is 0. The van der Waals surface area contributed by atoms with E-state index < -0.39 is 10.0 Å². The largest absolute Gasteiger partial charge is 0.335 e. The highest BCUT2D eigenvalue weighted by Crippen LogP contribution is 2.15. The molecule has 1 aromatic heterocycles. The number of aryl methyl sites for hydroxylation is 1. The molecule has 3 rings (SSSR count). The third-order valence-electron chi connectivity index (χ3n) is 4.22. The first-order valence-electron chi connectivity index (χ1n) is 8.20. The van der Waals surface area contributed by atoms with Crippen LogP contribution in [0.4, 0.5) is 0 Å². The predicted molar refractivity (Wildman–Crippen MR) is 95.5 cm³/mol. The molecule has 0 radical (unpaired) electrons. The van der Waals surface area contributed by atoms with E-state index in [2.05, 4.69) is 4.98 Å². The lowest BCUT2D eigenvalue weighted by molar-refractivity contribution is 0.0691. The molecule has 0 spiro atoms. The van der Waals surface area contributed by atoms with Crippen molar-refractivity contribution in [2.45, 2.75) is 12.7 Å². The smallest absolute Gasteiger partial charge is 0.272 e. The summed E-state index contributed by atoms with van der Waals surface area (Å²) in [7, 11) is -3.38. The van der Waals surface area contributed by atoms with E-state index in [1.165, 1.54) is 4.31 Å². The van der Waals surface area contributed by atoms with Crippen molar-refractivity contribution >= 4 is 15.9 Å². The first-order valence-corrected chi connectivity index (χ1v) is 9.81. The molecule has 1 aliphatic rings. The Morgan fingerprint density at radius 3 is 2.32 bits per heavy atom. The van der Waals surface area contributed by atoms with Gasteiger partial charge in [-0.2, -0.15) is 4.31 Å². The van der Waals surface area contributed by atoms with Crippen LogP contribution in [-0.4, -0.2) is 54.7 Å². The Bertz CT molecular complexity index is 845. The second-order valence-corrected chi connectivity index (χ2v) is 8.07. The number of amides is 1. The summed E-state index contributed by atoms with van der Waals surface area (Å²) in [5.41, 5.74) is 1.96. The number of sulfonamides is 1. The summed E-state index contributed by atoms with van der Waals surface area (Å²) in [6.07, 6.45) is 0. The molecule has 0 bridgehead atoms. The zero-order valence-electron chi connectivity index (χ0n) is 14.1. The van der Waals surface area contributed by atoms with E-state index in [1.807, 2.05) is 31.2 Å². The van der Waals surface area contributed by atoms with Crippen LogP contribution in [0.5, 0.6) is 0 Å². The molecule has 7 heteroatoms. The fourth-order valence-corrected chi connectivity index (χ4v) is 4.39. The van der Waals surface area contributed by atoms with Crippen molar-refractivity contribution in [3.63, 3.8) is 0 Å². The average molecular weight is 359 g/mol. The van der Waals surface area contributed by atoms with Gasteiger partial charge in [0.2, 0.25) is 10.0 Å². The number of piperazine rings is 1. The molecule has 1 amide bonds. The third-order valence-corrected chi connectivity index (χ3v) is 6.07. The van der Waals surface area contributed by atoms with E-state index in [0.717, 1.165) is 11.3 Å². The van der Waals surface area contributed by atoms with Crippen LogP contribution in [0.3, 0.4) is 0 Å². The van der Waals surface area contributed by atoms with E-state index in [-0.39, 0.29) is 11.7 Å². The van der Waals surface area contributed by atoms with E-state index >= 15 is 0 Å². The van der Waals surface area contributed by atoms with Crippen LogP contribution in [-0.2, 0) is 15.8 Å². The molecule has 0 aliphatic carbocycles. The quantitative estimate of drug-likeness (QED) is 0.833. The number of benzene rings is 1. The molecule has 132 valence electrons. The lowest BCUT2D eigenvalue weighted by Gasteiger charge is -2.33. The Morgan fingerprint density at radius 1 is 1.00 bits per heavy atom. The second kappa shape index (κ2) is 7.33. The van der Waals surface area contributed by atoms with Crippen LogP contribution in [0.15, 0.2) is 48.5 Å². The number of nitrogens with zero attached hydrogens (tertiary/aromatic N) is 3. The predicted octanol–water partition coefficient (Wildman–Crippen LogP) is 1.68. The van der Waals surface area contributed by atoms with Crippen molar-refractivity contribution in [2.24, 2.45) is 0 Å². The van der Waals surface area contributed by atoms with Gasteiger partial charge in [0.25, 0.3) is 5.91 Å². The fourth-order valence-electron chi connectivity index (χ4n) is 2.87. The van der Waals surface area contributed by atoms with Crippen molar-refractivity contribution in [3.05, 3.63) is 65.5 Å². The summed E-state index contributed by atoms with van der Waals surface area (Å²) in [6, 6.07) is 14.5. The first kappa shape index (κ1) is 17.6. The molecule has 6 nitrogen and oxygen atoms in total. The Balaban J connectivity index is 1.62. The highest BCUT2D eigenvalue weighted by Gasteiger charge is 2.29. The van der Waals surface area contributed by atoms with Crippen LogP contribution in [0, 0.1) is 6.92 Å². The lowest BCUT2D eigenvalue weighted by atomic mass is 10.2. The molecule has 1 aromatic carbocycles. The number of pyridine rings is 1. The maximum absolute atomic E-state index is 12.6. The van der Waals surface area contributed by atoms with Gasteiger partial charge in [-0.25, -0.2) is 13.4 Å². The van der Waals surface area contributed by atoms with Crippen LogP contribution >= 0.6 is 0 Å². The summed E-state index contributed by atoms with van der Waals surface area (Å²) in [5.74, 6) is -0.162. The Kier molecular flexibility index (Phi) is 5.15. The van der Waals surface area contributed by atoms with Gasteiger partial charge in [-0.3, -0.25) is 4.79 Å². The standard InChI is InChI=1S/C18H21N3O3S/c1-15-6-5-9-17(19-15)18(22)20-10-12-21(13-11-20)25(23,24)14-16-7-3-2-4-8-16/h2-9H,10-14H2,1H3. The Morgan fingerprint density at radius 2 is 1.68 bits per heavy atom. The van der Waals surface area contributed by atoms with Gasteiger partial charge in [0.15, 0.2) is 0 Å². The van der Waals surface area contributed by atoms with Gasteiger partial charge in [-0.1, -0.05) is 36.4 Å². The van der Waals surface area contributed by atoms with Crippen molar-refractivity contribution in [1.82, 2.24) is 14.2 Å². The molecule has 0 unspecified atom stereocenters. The molecule has 1 aliphatic heterocycles. The highest BCUT2D eigenvalue weighted by atomic mass is 32.2. The number of hydrogen-bond acceptors (Lipinski definition) is 4. The molecule has 1 fully saturated rings. The number of carbonyl (C=O) groups is 1. The third kappa shape index (κ3) is 4.24. The number of carbonyl (C=O) groups excluding carboxylic acids is 1. The summed E-state index contributed by atoms with van der Waals surface area (Å²) >= 11 is 0. The zero-order chi connectivity index (χ0) is 17.9. The molecular weight excluding hydrogens is 338 g/mol. The van der Waals surface area contributed by atoms with Crippen LogP contribution in [0.2, 0.25) is 0 Å². The molecule has 0 N–H and O–H groups in total. The molecule has 2 aromatic rings. The van der Waals surface area contributed by atoms with E-state index in [4.69, 9.17) is 0 Å². The van der Waals surface area contributed by atoms with Gasteiger partial charge < -0.3 is 4.90 Å². The van der Waals surface area contributed by atoms with Gasteiger partial charge in [0.05, 0.1) is 5.75 Å². The SMILES string of the molecule is Cc1cccc(C(=O)N2CCN(S(=O)(=O)Cc3ccccc3)CC2)n1. The van der Waals surface area contributed by atoms with Crippen LogP contribution in [0.1, 0.15) is 21.7 Å². The fraction of sp³-hybridized carbons (Fsp3) is 0.333. The molecular formula is C18H21N3O3S. The monoisotopic (exact) mass is 359 g/mol. The Labute approximate surface area is 148 Å². The van der Waals surface area contributed by atoms with Gasteiger partial charge in [-0.15, -0.1) is 0 Å². The van der Waals surface area contributed by atoms with Gasteiger partial charge in [0, 0.05) is 31.9 Å². The highest BCUT2D eigenvalue weighted by molar-refractivity contribution is 7.88. The maximum atomic E-state index is 12.6. The molecule has 2 heterocycles. The van der Waals surface area contributed by atoms with Crippen LogP contribution in [0.25, 0.3) is 0 Å². The first-order chi connectivity index (χ1) is 12.0. The van der Waals surface area contributed by atoms with Crippen molar-refractivity contribution < 1.29 is 13.2 Å². The van der Waals surface area contributed by atoms with Crippen molar-refractivity contribution in [2.75, 3.05) is 26.2 Å². The topological polar surface area (TPSA) is 70.6 Å². The minimum absolute atomic E-state index is 0.0127. The maximum Gasteiger partial charge on any atom is 0.272 e. The number of aromatic nitrogens is 1. The zero-order valence-corrected chi connectivity index (χ0v) is 14.9. The summed E-state index contributed by atoms with van der Waals surface area (Å²) in [5, 5.41) is 0. The summed E-state index contributed by atoms with van der Waals surface area (Å²) in [6.45, 7) is 3.22. The van der Waals surface area contributed by atoms with Gasteiger partial charge in [0.1, 0.15) is 5.69 Å². The molecule has 0 saturated carbocycles. The minimum atomic E-state index is -3.38. The van der Waals surface area contributed by atoms with E-state index in [0.29, 0.717) is 31.9 Å². The van der Waals surface area contributed by atoms with Gasteiger partial charge >= 0.3 is 0 Å². The summed E-state index contributed by atoms with van der Waals surface area (Å²) in [4.78, 5) is 18.4. The van der Waals surface area contributed by atoms with E-state index in [1.54, 1.807) is 29.2 Å². The second-order valence-electron chi connectivity index (χ2n) is 6.10. The van der Waals surface area contributed by atoms with Crippen molar-refractivity contribution in [1.29, 1.82) is 0 Å². The van der Waals surface area contributed by atoms with Gasteiger partial charge in [-0.05, 0) is 24.6 Å². The molecule has 25 heavy (non-hydrogen) atoms. The molecule has 1 saturated heterocycles.